The number of para-hydroxylation sites is 11. The Labute approximate surface area is 624 Å². The van der Waals surface area contributed by atoms with Gasteiger partial charge in [-0.1, -0.05) is 298 Å². The van der Waals surface area contributed by atoms with Gasteiger partial charge in [0.2, 0.25) is 0 Å². The second kappa shape index (κ2) is 30.6. The molecular formula is C101H93N5. The highest BCUT2D eigenvalue weighted by molar-refractivity contribution is 6.13. The summed E-state index contributed by atoms with van der Waals surface area (Å²) in [5.41, 5.74) is 25.9. The molecule has 14 aromatic carbocycles. The maximum absolute atomic E-state index is 2.41. The Morgan fingerprint density at radius 3 is 1.06 bits per heavy atom. The van der Waals surface area contributed by atoms with Gasteiger partial charge in [0.25, 0.3) is 0 Å². The summed E-state index contributed by atoms with van der Waals surface area (Å²) < 4.78 is 9.50. The molecule has 0 unspecified atom stereocenters. The highest BCUT2D eigenvalue weighted by Crippen LogP contribution is 2.42. The molecule has 0 radical (unpaired) electrons. The SMILES string of the molecule is CC(C)N1c2ccccc2C=Cc2ccccc21.CC(C)c1ccc2c(c1)c1ccccc1n2-c1ccccc1.CC(C)c1ccc2c3ccccc3n(-c3ccccc3)c2c1.CC(C)c1cccc2c1c1ccccc1n2-c1ccccc1.CC(C)c1cccc2c3ccccc3n(-c3ccccc3)c12. The highest BCUT2D eigenvalue weighted by Gasteiger charge is 2.22. The van der Waals surface area contributed by atoms with Gasteiger partial charge in [-0.05, 0) is 180 Å². The van der Waals surface area contributed by atoms with Crippen LogP contribution < -0.4 is 4.90 Å². The first-order chi connectivity index (χ1) is 51.8. The summed E-state index contributed by atoms with van der Waals surface area (Å²) in [7, 11) is 0. The predicted octanol–water partition coefficient (Wildman–Crippen LogP) is 28.3. The van der Waals surface area contributed by atoms with Crippen molar-refractivity contribution in [2.24, 2.45) is 0 Å². The summed E-state index contributed by atoms with van der Waals surface area (Å²) >= 11 is 0. The molecule has 0 fully saturated rings. The van der Waals surface area contributed by atoms with E-state index < -0.39 is 0 Å². The van der Waals surface area contributed by atoms with Crippen LogP contribution in [-0.4, -0.2) is 24.3 Å². The highest BCUT2D eigenvalue weighted by atomic mass is 15.2. The molecule has 18 aromatic rings. The smallest absolute Gasteiger partial charge is 0.0575 e. The van der Waals surface area contributed by atoms with E-state index in [4.69, 9.17) is 0 Å². The molecule has 0 saturated heterocycles. The van der Waals surface area contributed by atoms with E-state index in [2.05, 4.69) is 444 Å². The minimum absolute atomic E-state index is 0.437. The Balaban J connectivity index is 0.000000106. The van der Waals surface area contributed by atoms with Crippen molar-refractivity contribution >= 4 is 111 Å². The lowest BCUT2D eigenvalue weighted by atomic mass is 9.97. The van der Waals surface area contributed by atoms with Crippen molar-refractivity contribution in [3.05, 3.63) is 373 Å². The summed E-state index contributed by atoms with van der Waals surface area (Å²) in [5.74, 6) is 2.09. The number of benzene rings is 14. The average Bonchev–Trinajstić information content (AvgIpc) is 1.68. The van der Waals surface area contributed by atoms with E-state index in [1.807, 2.05) is 0 Å². The molecule has 1 aliphatic rings. The fourth-order valence-electron chi connectivity index (χ4n) is 15.7. The van der Waals surface area contributed by atoms with E-state index in [9.17, 15) is 0 Å². The third kappa shape index (κ3) is 13.5. The van der Waals surface area contributed by atoms with Crippen LogP contribution in [0.25, 0.3) is 122 Å². The van der Waals surface area contributed by atoms with Crippen LogP contribution in [0.4, 0.5) is 11.4 Å². The predicted molar refractivity (Wildman–Crippen MR) is 459 cm³/mol. The Kier molecular flexibility index (Phi) is 20.1. The number of rotatable bonds is 9. The van der Waals surface area contributed by atoms with Gasteiger partial charge in [0.05, 0.1) is 44.1 Å². The lowest BCUT2D eigenvalue weighted by Crippen LogP contribution is -2.26. The first kappa shape index (κ1) is 69.5. The zero-order chi connectivity index (χ0) is 73.0. The molecule has 5 nitrogen and oxygen atoms in total. The van der Waals surface area contributed by atoms with E-state index in [0.717, 1.165) is 0 Å². The number of fused-ring (bicyclic) bond motifs is 14. The molecule has 5 heterocycles. The summed E-state index contributed by atoms with van der Waals surface area (Å²) in [5, 5.41) is 10.7. The molecule has 0 saturated carbocycles. The van der Waals surface area contributed by atoms with Crippen molar-refractivity contribution in [2.75, 3.05) is 4.90 Å². The van der Waals surface area contributed by atoms with Crippen LogP contribution in [0.5, 0.6) is 0 Å². The van der Waals surface area contributed by atoms with Crippen molar-refractivity contribution in [2.45, 2.75) is 99.0 Å². The van der Waals surface area contributed by atoms with Gasteiger partial charge in [-0.3, -0.25) is 0 Å². The van der Waals surface area contributed by atoms with Gasteiger partial charge < -0.3 is 23.2 Å². The van der Waals surface area contributed by atoms with Gasteiger partial charge in [0, 0.05) is 83.3 Å². The molecule has 522 valence electrons. The maximum atomic E-state index is 2.41. The van der Waals surface area contributed by atoms with Crippen LogP contribution in [0.15, 0.2) is 340 Å². The zero-order valence-corrected chi connectivity index (χ0v) is 62.6. The molecule has 0 spiro atoms. The van der Waals surface area contributed by atoms with Gasteiger partial charge in [0.1, 0.15) is 0 Å². The third-order valence-corrected chi connectivity index (χ3v) is 20.8. The second-order valence-electron chi connectivity index (χ2n) is 29.3. The van der Waals surface area contributed by atoms with E-state index >= 15 is 0 Å². The van der Waals surface area contributed by atoms with E-state index in [0.29, 0.717) is 29.7 Å². The summed E-state index contributed by atoms with van der Waals surface area (Å²) in [6, 6.07) is 122. The Bertz CT molecular complexity index is 6000. The number of aromatic nitrogens is 4. The molecule has 4 aromatic heterocycles. The Hall–Kier alpha value is -12.2. The molecule has 19 rings (SSSR count). The first-order valence-electron chi connectivity index (χ1n) is 37.8. The molecule has 5 heteroatoms. The Morgan fingerprint density at radius 1 is 0.217 bits per heavy atom. The van der Waals surface area contributed by atoms with Crippen LogP contribution in [0.1, 0.15) is 126 Å². The largest absolute Gasteiger partial charge is 0.338 e. The average molecular weight is 1380 g/mol. The lowest BCUT2D eigenvalue weighted by Gasteiger charge is -2.30. The van der Waals surface area contributed by atoms with Crippen LogP contribution in [0.3, 0.4) is 0 Å². The Morgan fingerprint density at radius 2 is 0.557 bits per heavy atom. The summed E-state index contributed by atoms with van der Waals surface area (Å²) in [4.78, 5) is 2.41. The zero-order valence-electron chi connectivity index (χ0n) is 62.6. The fourth-order valence-corrected chi connectivity index (χ4v) is 15.7. The van der Waals surface area contributed by atoms with Crippen LogP contribution in [0, 0.1) is 0 Å². The van der Waals surface area contributed by atoms with Gasteiger partial charge in [-0.15, -0.1) is 0 Å². The summed E-state index contributed by atoms with van der Waals surface area (Å²) in [6.45, 7) is 22.5. The molecule has 0 aliphatic carbocycles. The molecule has 0 atom stereocenters. The number of hydrogen-bond donors (Lipinski definition) is 0. The van der Waals surface area contributed by atoms with E-state index in [-0.39, 0.29) is 0 Å². The standard InChI is InChI=1S/4C21H19N.C17H17N/c1-15(2)17-12-8-13-19-18-11-6-7-14-20(18)22(21(17)19)16-9-4-3-5-10-16;1-15(2)17-12-8-14-20-21(17)18-11-6-7-13-19(18)22(20)16-9-4-3-5-10-16;1-15(2)16-12-13-21-19(14-16)18-10-6-7-11-20(18)22(21)17-8-4-3-5-9-17;1-15(2)16-12-13-19-18-10-6-7-11-20(18)22(21(19)14-16)17-8-4-3-5-9-17;1-13(2)18-16-9-5-3-7-14(16)11-12-15-8-4-6-10-17(15)18/h4*3-15H,1-2H3;3-13H,1-2H3. The first-order valence-corrected chi connectivity index (χ1v) is 37.8. The van der Waals surface area contributed by atoms with Crippen LogP contribution in [-0.2, 0) is 0 Å². The van der Waals surface area contributed by atoms with Crippen LogP contribution in [0.2, 0.25) is 0 Å². The molecule has 1 aliphatic heterocycles. The molecule has 0 N–H and O–H groups in total. The molecule has 106 heavy (non-hydrogen) atoms. The van der Waals surface area contributed by atoms with Crippen molar-refractivity contribution in [1.29, 1.82) is 0 Å². The van der Waals surface area contributed by atoms with Gasteiger partial charge in [-0.2, -0.15) is 0 Å². The van der Waals surface area contributed by atoms with Gasteiger partial charge in [-0.25, -0.2) is 0 Å². The molecule has 0 amide bonds. The van der Waals surface area contributed by atoms with Crippen molar-refractivity contribution in [3.8, 4) is 22.7 Å². The number of anilines is 2. The topological polar surface area (TPSA) is 23.0 Å². The monoisotopic (exact) mass is 1380 g/mol. The minimum atomic E-state index is 0.437. The van der Waals surface area contributed by atoms with Crippen molar-refractivity contribution < 1.29 is 0 Å². The number of nitrogens with zero attached hydrogens (tertiary/aromatic N) is 5. The van der Waals surface area contributed by atoms with Crippen molar-refractivity contribution in [3.63, 3.8) is 0 Å². The minimum Gasteiger partial charge on any atom is -0.338 e. The molecule has 0 bridgehead atoms. The quantitative estimate of drug-likeness (QED) is 0.141. The van der Waals surface area contributed by atoms with E-state index in [1.54, 1.807) is 0 Å². The maximum Gasteiger partial charge on any atom is 0.0575 e. The fraction of sp³-hybridized carbons (Fsp3) is 0.149. The van der Waals surface area contributed by atoms with Gasteiger partial charge in [0.15, 0.2) is 0 Å². The lowest BCUT2D eigenvalue weighted by molar-refractivity contribution is 0.788. The normalized spacial score (nSPS) is 11.9. The van der Waals surface area contributed by atoms with Crippen LogP contribution >= 0.6 is 0 Å². The third-order valence-electron chi connectivity index (χ3n) is 20.8. The van der Waals surface area contributed by atoms with Gasteiger partial charge >= 0.3 is 0 Å². The number of hydrogen-bond acceptors (Lipinski definition) is 1. The van der Waals surface area contributed by atoms with Crippen molar-refractivity contribution in [1.82, 2.24) is 18.3 Å². The second-order valence-corrected chi connectivity index (χ2v) is 29.3. The van der Waals surface area contributed by atoms with E-state index in [1.165, 1.54) is 155 Å². The molecular weight excluding hydrogens is 1280 g/mol. The summed E-state index contributed by atoms with van der Waals surface area (Å²) in [6.07, 6.45) is 4.41.